The summed E-state index contributed by atoms with van der Waals surface area (Å²) in [6, 6.07) is 0.00508. The van der Waals surface area contributed by atoms with Gasteiger partial charge in [-0.2, -0.15) is 0 Å². The Bertz CT molecular complexity index is 453. The van der Waals surface area contributed by atoms with Crippen molar-refractivity contribution < 1.29 is 14.4 Å². The van der Waals surface area contributed by atoms with Gasteiger partial charge in [-0.05, 0) is 37.5 Å². The molecule has 3 N–H and O–H groups in total. The molecular formula is C15H24ClN3O3. The Labute approximate surface area is 136 Å². The second-order valence-corrected chi connectivity index (χ2v) is 6.52. The van der Waals surface area contributed by atoms with Crippen LogP contribution in [0.5, 0.6) is 0 Å². The van der Waals surface area contributed by atoms with E-state index in [0.29, 0.717) is 44.2 Å². The number of rotatable bonds is 5. The zero-order valence-electron chi connectivity index (χ0n) is 12.6. The highest BCUT2D eigenvalue weighted by Gasteiger charge is 2.48. The molecule has 3 amide bonds. The number of imide groups is 1. The first kappa shape index (κ1) is 17.2. The third kappa shape index (κ3) is 3.13. The Morgan fingerprint density at radius 1 is 1.18 bits per heavy atom. The molecule has 0 radical (unpaired) electrons. The van der Waals surface area contributed by atoms with Crippen molar-refractivity contribution >= 4 is 30.1 Å². The first-order valence-electron chi connectivity index (χ1n) is 7.94. The molecule has 2 saturated carbocycles. The molecule has 7 heteroatoms. The van der Waals surface area contributed by atoms with E-state index in [1.165, 1.54) is 4.90 Å². The molecule has 22 heavy (non-hydrogen) atoms. The number of nitrogens with zero attached hydrogens (tertiary/aromatic N) is 1. The van der Waals surface area contributed by atoms with Crippen molar-refractivity contribution in [3.63, 3.8) is 0 Å². The smallest absolute Gasteiger partial charge is 0.229 e. The van der Waals surface area contributed by atoms with Gasteiger partial charge in [0.1, 0.15) is 0 Å². The van der Waals surface area contributed by atoms with Crippen molar-refractivity contribution in [2.45, 2.75) is 44.6 Å². The molecule has 3 fully saturated rings. The summed E-state index contributed by atoms with van der Waals surface area (Å²) in [5, 5.41) is 2.93. The van der Waals surface area contributed by atoms with Gasteiger partial charge in [0.25, 0.3) is 0 Å². The van der Waals surface area contributed by atoms with E-state index in [2.05, 4.69) is 5.32 Å². The van der Waals surface area contributed by atoms with Crippen LogP contribution in [0.25, 0.3) is 0 Å². The van der Waals surface area contributed by atoms with Gasteiger partial charge in [0.15, 0.2) is 0 Å². The van der Waals surface area contributed by atoms with Gasteiger partial charge >= 0.3 is 0 Å². The molecule has 6 nitrogen and oxygen atoms in total. The molecule has 0 aromatic carbocycles. The van der Waals surface area contributed by atoms with Crippen LogP contribution in [0.3, 0.4) is 0 Å². The highest BCUT2D eigenvalue weighted by Crippen LogP contribution is 2.47. The van der Waals surface area contributed by atoms with Crippen LogP contribution in [0.1, 0.15) is 38.5 Å². The summed E-state index contributed by atoms with van der Waals surface area (Å²) in [4.78, 5) is 36.4. The molecular weight excluding hydrogens is 306 g/mol. The Morgan fingerprint density at radius 2 is 1.82 bits per heavy atom. The van der Waals surface area contributed by atoms with Gasteiger partial charge in [-0.15, -0.1) is 12.4 Å². The first-order valence-corrected chi connectivity index (χ1v) is 7.94. The summed E-state index contributed by atoms with van der Waals surface area (Å²) in [5.74, 6) is 0.785. The second-order valence-electron chi connectivity index (χ2n) is 6.52. The molecule has 1 heterocycles. The van der Waals surface area contributed by atoms with Crippen molar-refractivity contribution in [3.05, 3.63) is 0 Å². The monoisotopic (exact) mass is 329 g/mol. The van der Waals surface area contributed by atoms with E-state index in [-0.39, 0.29) is 42.1 Å². The molecule has 2 aliphatic carbocycles. The van der Waals surface area contributed by atoms with Gasteiger partial charge in [0.2, 0.25) is 17.7 Å². The number of nitrogens with one attached hydrogen (secondary N) is 1. The van der Waals surface area contributed by atoms with Crippen molar-refractivity contribution in [2.24, 2.45) is 23.5 Å². The number of carbonyl (C=O) groups excluding carboxylic acids is 3. The number of halogens is 1. The van der Waals surface area contributed by atoms with Gasteiger partial charge in [0, 0.05) is 32.0 Å². The molecule has 0 spiro atoms. The molecule has 1 aliphatic heterocycles. The standard InChI is InChI=1S/C15H23N3O3.ClH/c16-14-10-3-2-9(8-10)13(14)15(21)17-6-1-7-18-11(19)4-5-12(18)20;/h9-10,13-14H,1-8,16H2,(H,17,21);1H. The normalized spacial score (nSPS) is 33.2. The number of nitrogens with two attached hydrogens (primary N) is 1. The number of fused-ring (bicyclic) bond motifs is 2. The van der Waals surface area contributed by atoms with Crippen molar-refractivity contribution in [2.75, 3.05) is 13.1 Å². The third-order valence-corrected chi connectivity index (χ3v) is 5.30. The molecule has 4 atom stereocenters. The molecule has 2 bridgehead atoms. The zero-order valence-corrected chi connectivity index (χ0v) is 13.4. The average Bonchev–Trinajstić information content (AvgIpc) is 3.12. The Balaban J connectivity index is 0.00000176. The summed E-state index contributed by atoms with van der Waals surface area (Å²) in [6.45, 7) is 0.900. The van der Waals surface area contributed by atoms with E-state index < -0.39 is 0 Å². The lowest BCUT2D eigenvalue weighted by Gasteiger charge is -2.27. The van der Waals surface area contributed by atoms with Gasteiger partial charge in [-0.3, -0.25) is 19.3 Å². The topological polar surface area (TPSA) is 92.5 Å². The van der Waals surface area contributed by atoms with E-state index in [0.717, 1.165) is 19.3 Å². The molecule has 124 valence electrons. The predicted octanol–water partition coefficient (Wildman–Crippen LogP) is 0.437. The maximum absolute atomic E-state index is 12.2. The first-order chi connectivity index (χ1) is 10.1. The quantitative estimate of drug-likeness (QED) is 0.565. The molecule has 0 aromatic heterocycles. The van der Waals surface area contributed by atoms with Crippen LogP contribution in [0, 0.1) is 17.8 Å². The fourth-order valence-corrected chi connectivity index (χ4v) is 4.16. The predicted molar refractivity (Wildman–Crippen MR) is 83.1 cm³/mol. The maximum Gasteiger partial charge on any atom is 0.229 e. The molecule has 4 unspecified atom stereocenters. The van der Waals surface area contributed by atoms with Crippen LogP contribution in [0.4, 0.5) is 0 Å². The highest BCUT2D eigenvalue weighted by atomic mass is 35.5. The summed E-state index contributed by atoms with van der Waals surface area (Å²) < 4.78 is 0. The van der Waals surface area contributed by atoms with Crippen LogP contribution >= 0.6 is 12.4 Å². The number of hydrogen-bond donors (Lipinski definition) is 2. The number of hydrogen-bond acceptors (Lipinski definition) is 4. The minimum atomic E-state index is -0.0959. The van der Waals surface area contributed by atoms with Crippen molar-refractivity contribution in [1.29, 1.82) is 0 Å². The Kier molecular flexibility index (Phi) is 5.45. The Hall–Kier alpha value is -1.14. The van der Waals surface area contributed by atoms with E-state index in [1.54, 1.807) is 0 Å². The lowest BCUT2D eigenvalue weighted by atomic mass is 9.84. The molecule has 3 rings (SSSR count). The summed E-state index contributed by atoms with van der Waals surface area (Å²) in [5.41, 5.74) is 6.15. The summed E-state index contributed by atoms with van der Waals surface area (Å²) >= 11 is 0. The van der Waals surface area contributed by atoms with Gasteiger partial charge in [0.05, 0.1) is 5.92 Å². The van der Waals surface area contributed by atoms with Crippen LogP contribution < -0.4 is 11.1 Å². The Morgan fingerprint density at radius 3 is 2.41 bits per heavy atom. The van der Waals surface area contributed by atoms with Crippen LogP contribution in [-0.4, -0.2) is 41.8 Å². The number of likely N-dealkylation sites (tertiary alicyclic amines) is 1. The lowest BCUT2D eigenvalue weighted by Crippen LogP contribution is -2.45. The lowest BCUT2D eigenvalue weighted by molar-refractivity contribution is -0.138. The van der Waals surface area contributed by atoms with Gasteiger partial charge < -0.3 is 11.1 Å². The van der Waals surface area contributed by atoms with Crippen molar-refractivity contribution in [3.8, 4) is 0 Å². The maximum atomic E-state index is 12.2. The molecule has 1 saturated heterocycles. The van der Waals surface area contributed by atoms with Crippen molar-refractivity contribution in [1.82, 2.24) is 10.2 Å². The summed E-state index contributed by atoms with van der Waals surface area (Å²) in [7, 11) is 0. The fraction of sp³-hybridized carbons (Fsp3) is 0.800. The largest absolute Gasteiger partial charge is 0.356 e. The minimum absolute atomic E-state index is 0. The minimum Gasteiger partial charge on any atom is -0.356 e. The molecule has 3 aliphatic rings. The summed E-state index contributed by atoms with van der Waals surface area (Å²) in [6.07, 6.45) is 4.63. The van der Waals surface area contributed by atoms with Gasteiger partial charge in [-0.1, -0.05) is 0 Å². The van der Waals surface area contributed by atoms with Gasteiger partial charge in [-0.25, -0.2) is 0 Å². The van der Waals surface area contributed by atoms with E-state index in [1.807, 2.05) is 0 Å². The second kappa shape index (κ2) is 6.96. The SMILES string of the molecule is Cl.NC1C2CCC(C2)C1C(=O)NCCCN1C(=O)CCC1=O. The van der Waals surface area contributed by atoms with Crippen LogP contribution in [-0.2, 0) is 14.4 Å². The van der Waals surface area contributed by atoms with Crippen LogP contribution in [0.2, 0.25) is 0 Å². The molecule has 0 aromatic rings. The van der Waals surface area contributed by atoms with E-state index >= 15 is 0 Å². The average molecular weight is 330 g/mol. The van der Waals surface area contributed by atoms with E-state index in [4.69, 9.17) is 5.73 Å². The third-order valence-electron chi connectivity index (χ3n) is 5.30. The zero-order chi connectivity index (χ0) is 15.0. The number of amides is 3. The fourth-order valence-electron chi connectivity index (χ4n) is 4.16. The van der Waals surface area contributed by atoms with Crippen LogP contribution in [0.15, 0.2) is 0 Å². The highest BCUT2D eigenvalue weighted by molar-refractivity contribution is 6.01. The number of carbonyl (C=O) groups is 3. The van der Waals surface area contributed by atoms with E-state index in [9.17, 15) is 14.4 Å².